The molecule has 1 aliphatic rings. The lowest BCUT2D eigenvalue weighted by Gasteiger charge is -2.21. The van der Waals surface area contributed by atoms with Gasteiger partial charge in [0.2, 0.25) is 0 Å². The molecule has 0 radical (unpaired) electrons. The van der Waals surface area contributed by atoms with Crippen molar-refractivity contribution in [1.82, 2.24) is 5.32 Å². The monoisotopic (exact) mass is 237 g/mol. The van der Waals surface area contributed by atoms with Crippen LogP contribution in [0.1, 0.15) is 30.6 Å². The molecule has 2 atom stereocenters. The molecule has 0 fully saturated rings. The molecule has 0 amide bonds. The Morgan fingerprint density at radius 3 is 3.00 bits per heavy atom. The summed E-state index contributed by atoms with van der Waals surface area (Å²) in [5.41, 5.74) is 2.44. The summed E-state index contributed by atoms with van der Waals surface area (Å²) in [6.07, 6.45) is 1.67. The van der Waals surface area contributed by atoms with Crippen LogP contribution in [0.15, 0.2) is 23.1 Å². The van der Waals surface area contributed by atoms with Crippen molar-refractivity contribution in [2.45, 2.75) is 36.8 Å². The van der Waals surface area contributed by atoms with Gasteiger partial charge < -0.3 is 10.4 Å². The molecule has 0 aromatic heterocycles. The van der Waals surface area contributed by atoms with Gasteiger partial charge >= 0.3 is 0 Å². The minimum atomic E-state index is -0.397. The largest absolute Gasteiger partial charge is 0.387 e. The maximum absolute atomic E-state index is 10.2. The van der Waals surface area contributed by atoms with Crippen LogP contribution in [-0.2, 0) is 6.42 Å². The predicted molar refractivity (Wildman–Crippen MR) is 69.0 cm³/mol. The Hall–Kier alpha value is -0.510. The lowest BCUT2D eigenvalue weighted by molar-refractivity contribution is 0.130. The zero-order valence-electron chi connectivity index (χ0n) is 9.86. The number of thioether (sulfide) groups is 1. The predicted octanol–water partition coefficient (Wildman–Crippen LogP) is 2.37. The molecular formula is C13H19NOS. The van der Waals surface area contributed by atoms with E-state index in [0.717, 1.165) is 18.4 Å². The molecular weight excluding hydrogens is 218 g/mol. The summed E-state index contributed by atoms with van der Waals surface area (Å²) in [6.45, 7) is 2.09. The molecule has 1 aromatic rings. The summed E-state index contributed by atoms with van der Waals surface area (Å²) >= 11 is 1.91. The normalized spacial score (nSPS) is 18.2. The van der Waals surface area contributed by atoms with Crippen LogP contribution in [0.2, 0.25) is 0 Å². The van der Waals surface area contributed by atoms with Crippen molar-refractivity contribution in [2.24, 2.45) is 0 Å². The Kier molecular flexibility index (Phi) is 3.90. The topological polar surface area (TPSA) is 32.3 Å². The standard InChI is InChI=1S/C13H19NOS/c1-3-11(14-2)13(15)10-4-5-12-9(8-10)6-7-16-12/h4-5,8,11,13-15H,3,6-7H2,1-2H3. The average Bonchev–Trinajstić information content (AvgIpc) is 2.77. The minimum absolute atomic E-state index is 0.145. The maximum Gasteiger partial charge on any atom is 0.0942 e. The van der Waals surface area contributed by atoms with Gasteiger partial charge in [-0.3, -0.25) is 0 Å². The van der Waals surface area contributed by atoms with Gasteiger partial charge in [0.05, 0.1) is 6.10 Å². The van der Waals surface area contributed by atoms with Crippen LogP contribution in [0.25, 0.3) is 0 Å². The summed E-state index contributed by atoms with van der Waals surface area (Å²) < 4.78 is 0. The Bertz CT molecular complexity index is 363. The second kappa shape index (κ2) is 5.21. The van der Waals surface area contributed by atoms with E-state index in [0.29, 0.717) is 0 Å². The van der Waals surface area contributed by atoms with Crippen LogP contribution in [0.5, 0.6) is 0 Å². The highest BCUT2D eigenvalue weighted by atomic mass is 32.2. The number of aliphatic hydroxyl groups excluding tert-OH is 1. The molecule has 0 bridgehead atoms. The minimum Gasteiger partial charge on any atom is -0.387 e. The Labute approximate surface area is 101 Å². The van der Waals surface area contributed by atoms with Crippen LogP contribution in [-0.4, -0.2) is 23.9 Å². The van der Waals surface area contributed by atoms with Crippen molar-refractivity contribution in [1.29, 1.82) is 0 Å². The second-order valence-electron chi connectivity index (χ2n) is 4.21. The molecule has 0 saturated carbocycles. The number of hydrogen-bond donors (Lipinski definition) is 2. The SMILES string of the molecule is CCC(NC)C(O)c1ccc2c(c1)CCS2. The molecule has 0 aliphatic carbocycles. The number of fused-ring (bicyclic) bond motifs is 1. The average molecular weight is 237 g/mol. The van der Waals surface area contributed by atoms with E-state index in [1.165, 1.54) is 16.2 Å². The van der Waals surface area contributed by atoms with E-state index in [1.54, 1.807) is 0 Å². The summed E-state index contributed by atoms with van der Waals surface area (Å²) in [5, 5.41) is 13.4. The van der Waals surface area contributed by atoms with Gasteiger partial charge in [-0.1, -0.05) is 19.1 Å². The highest BCUT2D eigenvalue weighted by Crippen LogP contribution is 2.33. The quantitative estimate of drug-likeness (QED) is 0.843. The van der Waals surface area contributed by atoms with Crippen molar-refractivity contribution >= 4 is 11.8 Å². The molecule has 0 spiro atoms. The molecule has 2 N–H and O–H groups in total. The summed E-state index contributed by atoms with van der Waals surface area (Å²) in [5.74, 6) is 1.18. The van der Waals surface area contributed by atoms with Crippen molar-refractivity contribution in [3.63, 3.8) is 0 Å². The number of aryl methyl sites for hydroxylation is 1. The summed E-state index contributed by atoms with van der Waals surface area (Å²) in [7, 11) is 1.90. The number of likely N-dealkylation sites (N-methyl/N-ethyl adjacent to an activating group) is 1. The fourth-order valence-electron chi connectivity index (χ4n) is 2.21. The third-order valence-electron chi connectivity index (χ3n) is 3.25. The number of aliphatic hydroxyl groups is 1. The lowest BCUT2D eigenvalue weighted by Crippen LogP contribution is -2.31. The van der Waals surface area contributed by atoms with Crippen LogP contribution in [0.4, 0.5) is 0 Å². The molecule has 3 heteroatoms. The molecule has 88 valence electrons. The van der Waals surface area contributed by atoms with Gasteiger partial charge in [0.1, 0.15) is 0 Å². The fourth-order valence-corrected chi connectivity index (χ4v) is 3.26. The highest BCUT2D eigenvalue weighted by molar-refractivity contribution is 7.99. The molecule has 2 nitrogen and oxygen atoms in total. The molecule has 1 heterocycles. The molecule has 1 aliphatic heterocycles. The van der Waals surface area contributed by atoms with Crippen molar-refractivity contribution < 1.29 is 5.11 Å². The Morgan fingerprint density at radius 2 is 2.31 bits per heavy atom. The molecule has 1 aromatic carbocycles. The third kappa shape index (κ3) is 2.26. The van der Waals surface area contributed by atoms with E-state index >= 15 is 0 Å². The van der Waals surface area contributed by atoms with E-state index in [1.807, 2.05) is 18.8 Å². The van der Waals surface area contributed by atoms with E-state index in [-0.39, 0.29) is 6.04 Å². The first-order valence-electron chi connectivity index (χ1n) is 5.87. The first-order chi connectivity index (χ1) is 7.76. The molecule has 16 heavy (non-hydrogen) atoms. The number of benzene rings is 1. The van der Waals surface area contributed by atoms with E-state index in [2.05, 4.69) is 30.4 Å². The van der Waals surface area contributed by atoms with Crippen LogP contribution in [0, 0.1) is 0 Å². The number of rotatable bonds is 4. The second-order valence-corrected chi connectivity index (χ2v) is 5.35. The molecule has 0 saturated heterocycles. The zero-order valence-corrected chi connectivity index (χ0v) is 10.7. The van der Waals surface area contributed by atoms with E-state index in [9.17, 15) is 5.11 Å². The summed E-state index contributed by atoms with van der Waals surface area (Å²) in [6, 6.07) is 6.52. The number of hydrogen-bond acceptors (Lipinski definition) is 3. The van der Waals surface area contributed by atoms with Crippen molar-refractivity contribution in [3.05, 3.63) is 29.3 Å². The zero-order chi connectivity index (χ0) is 11.5. The van der Waals surface area contributed by atoms with Gasteiger partial charge in [0.25, 0.3) is 0 Å². The Morgan fingerprint density at radius 1 is 1.50 bits per heavy atom. The van der Waals surface area contributed by atoms with E-state index < -0.39 is 6.10 Å². The molecule has 2 rings (SSSR count). The third-order valence-corrected chi connectivity index (χ3v) is 4.36. The van der Waals surface area contributed by atoms with Crippen LogP contribution >= 0.6 is 11.8 Å². The van der Waals surface area contributed by atoms with Gasteiger partial charge in [-0.25, -0.2) is 0 Å². The van der Waals surface area contributed by atoms with Crippen LogP contribution < -0.4 is 5.32 Å². The van der Waals surface area contributed by atoms with Gasteiger partial charge in [-0.05, 0) is 37.1 Å². The van der Waals surface area contributed by atoms with Gasteiger partial charge in [-0.2, -0.15) is 0 Å². The van der Waals surface area contributed by atoms with Gasteiger partial charge in [-0.15, -0.1) is 11.8 Å². The fraction of sp³-hybridized carbons (Fsp3) is 0.538. The van der Waals surface area contributed by atoms with Gasteiger partial charge in [0, 0.05) is 16.7 Å². The van der Waals surface area contributed by atoms with Crippen molar-refractivity contribution in [3.8, 4) is 0 Å². The van der Waals surface area contributed by atoms with Crippen LogP contribution in [0.3, 0.4) is 0 Å². The number of nitrogens with one attached hydrogen (secondary N) is 1. The van der Waals surface area contributed by atoms with Crippen molar-refractivity contribution in [2.75, 3.05) is 12.8 Å². The maximum atomic E-state index is 10.2. The first-order valence-corrected chi connectivity index (χ1v) is 6.85. The first kappa shape index (κ1) is 12.0. The summed E-state index contributed by atoms with van der Waals surface area (Å²) in [4.78, 5) is 1.38. The van der Waals surface area contributed by atoms with E-state index in [4.69, 9.17) is 0 Å². The molecule has 2 unspecified atom stereocenters. The lowest BCUT2D eigenvalue weighted by atomic mass is 9.98. The highest BCUT2D eigenvalue weighted by Gasteiger charge is 2.19. The smallest absolute Gasteiger partial charge is 0.0942 e. The Balaban J connectivity index is 2.20. The van der Waals surface area contributed by atoms with Gasteiger partial charge in [0.15, 0.2) is 0 Å².